The monoisotopic (exact) mass is 372 g/mol. The van der Waals surface area contributed by atoms with Gasteiger partial charge in [-0.25, -0.2) is 0 Å². The lowest BCUT2D eigenvalue weighted by molar-refractivity contribution is -0.120. The molecule has 27 heavy (non-hydrogen) atoms. The fourth-order valence-corrected chi connectivity index (χ4v) is 2.86. The van der Waals surface area contributed by atoms with Crippen LogP contribution in [0.25, 0.3) is 0 Å². The SMILES string of the molecule is COc1ccc(CC(=O)NCC(c2ccc(OC)c(OC)c2)N(C)C)cc1. The summed E-state index contributed by atoms with van der Waals surface area (Å²) in [6.45, 7) is 0.497. The minimum Gasteiger partial charge on any atom is -0.497 e. The lowest BCUT2D eigenvalue weighted by atomic mass is 10.0. The molecule has 1 amide bonds. The molecule has 0 spiro atoms. The van der Waals surface area contributed by atoms with E-state index in [1.54, 1.807) is 21.3 Å². The molecule has 0 aliphatic rings. The van der Waals surface area contributed by atoms with Gasteiger partial charge in [0.2, 0.25) is 5.91 Å². The van der Waals surface area contributed by atoms with E-state index in [0.717, 1.165) is 16.9 Å². The third-order valence-corrected chi connectivity index (χ3v) is 4.43. The number of benzene rings is 2. The molecule has 2 rings (SSSR count). The fraction of sp³-hybridized carbons (Fsp3) is 0.381. The van der Waals surface area contributed by atoms with Gasteiger partial charge in [-0.15, -0.1) is 0 Å². The number of rotatable bonds is 9. The van der Waals surface area contributed by atoms with Gasteiger partial charge < -0.3 is 24.4 Å². The van der Waals surface area contributed by atoms with E-state index in [-0.39, 0.29) is 11.9 Å². The molecule has 1 N–H and O–H groups in total. The van der Waals surface area contributed by atoms with E-state index < -0.39 is 0 Å². The average molecular weight is 372 g/mol. The molecule has 0 bridgehead atoms. The van der Waals surface area contributed by atoms with Gasteiger partial charge in [0.15, 0.2) is 11.5 Å². The Bertz CT molecular complexity index is 744. The molecule has 1 atom stereocenters. The molecule has 0 saturated carbocycles. The molecule has 0 aliphatic heterocycles. The first-order valence-corrected chi connectivity index (χ1v) is 8.76. The molecule has 0 fully saturated rings. The summed E-state index contributed by atoms with van der Waals surface area (Å²) >= 11 is 0. The highest BCUT2D eigenvalue weighted by Gasteiger charge is 2.17. The van der Waals surface area contributed by atoms with Crippen molar-refractivity contribution in [1.82, 2.24) is 10.2 Å². The molecule has 2 aromatic rings. The number of hydrogen-bond donors (Lipinski definition) is 1. The van der Waals surface area contributed by atoms with Crippen molar-refractivity contribution in [2.24, 2.45) is 0 Å². The number of amides is 1. The number of carbonyl (C=O) groups excluding carboxylic acids is 1. The molecule has 6 nitrogen and oxygen atoms in total. The highest BCUT2D eigenvalue weighted by Crippen LogP contribution is 2.31. The highest BCUT2D eigenvalue weighted by atomic mass is 16.5. The maximum absolute atomic E-state index is 12.3. The molecular weight excluding hydrogens is 344 g/mol. The molecule has 0 radical (unpaired) electrons. The Hall–Kier alpha value is -2.73. The Labute approximate surface area is 161 Å². The number of nitrogens with zero attached hydrogens (tertiary/aromatic N) is 1. The van der Waals surface area contributed by atoms with Gasteiger partial charge in [-0.3, -0.25) is 4.79 Å². The molecule has 6 heteroatoms. The van der Waals surface area contributed by atoms with Crippen molar-refractivity contribution >= 4 is 5.91 Å². The van der Waals surface area contributed by atoms with Gasteiger partial charge >= 0.3 is 0 Å². The van der Waals surface area contributed by atoms with Gasteiger partial charge in [0.05, 0.1) is 33.8 Å². The molecule has 0 heterocycles. The lowest BCUT2D eigenvalue weighted by Crippen LogP contribution is -2.35. The number of methoxy groups -OCH3 is 3. The summed E-state index contributed by atoms with van der Waals surface area (Å²) in [4.78, 5) is 14.4. The van der Waals surface area contributed by atoms with Crippen LogP contribution in [0.4, 0.5) is 0 Å². The maximum Gasteiger partial charge on any atom is 0.224 e. The summed E-state index contributed by atoms with van der Waals surface area (Å²) in [5, 5.41) is 3.02. The van der Waals surface area contributed by atoms with Gasteiger partial charge in [0.25, 0.3) is 0 Å². The molecule has 0 aromatic heterocycles. The molecule has 0 aliphatic carbocycles. The fourth-order valence-electron chi connectivity index (χ4n) is 2.86. The number of likely N-dealkylation sites (N-methyl/N-ethyl adjacent to an activating group) is 1. The summed E-state index contributed by atoms with van der Waals surface area (Å²) in [7, 11) is 8.81. The summed E-state index contributed by atoms with van der Waals surface area (Å²) in [6, 6.07) is 13.3. The first-order chi connectivity index (χ1) is 13.0. The molecule has 146 valence electrons. The Kier molecular flexibility index (Phi) is 7.49. The maximum atomic E-state index is 12.3. The van der Waals surface area contributed by atoms with Crippen LogP contribution >= 0.6 is 0 Å². The van der Waals surface area contributed by atoms with E-state index in [4.69, 9.17) is 14.2 Å². The number of ether oxygens (including phenoxy) is 3. The van der Waals surface area contributed by atoms with Crippen LogP contribution in [0, 0.1) is 0 Å². The first kappa shape index (κ1) is 20.6. The van der Waals surface area contributed by atoms with Crippen LogP contribution in [0.3, 0.4) is 0 Å². The normalized spacial score (nSPS) is 11.8. The van der Waals surface area contributed by atoms with Crippen LogP contribution in [0.2, 0.25) is 0 Å². The molecule has 1 unspecified atom stereocenters. The van der Waals surface area contributed by atoms with Crippen LogP contribution in [-0.4, -0.2) is 52.8 Å². The van der Waals surface area contributed by atoms with Crippen molar-refractivity contribution in [3.63, 3.8) is 0 Å². The van der Waals surface area contributed by atoms with Gasteiger partial charge in [-0.2, -0.15) is 0 Å². The summed E-state index contributed by atoms with van der Waals surface area (Å²) in [5.41, 5.74) is 1.99. The van der Waals surface area contributed by atoms with Gasteiger partial charge in [-0.05, 0) is 49.5 Å². The van der Waals surface area contributed by atoms with Crippen LogP contribution in [-0.2, 0) is 11.2 Å². The first-order valence-electron chi connectivity index (χ1n) is 8.76. The second kappa shape index (κ2) is 9.83. The van der Waals surface area contributed by atoms with E-state index >= 15 is 0 Å². The number of carbonyl (C=O) groups is 1. The van der Waals surface area contributed by atoms with Crippen molar-refractivity contribution < 1.29 is 19.0 Å². The van der Waals surface area contributed by atoms with E-state index in [0.29, 0.717) is 24.5 Å². The van der Waals surface area contributed by atoms with Crippen molar-refractivity contribution in [2.75, 3.05) is 42.0 Å². The largest absolute Gasteiger partial charge is 0.497 e. The van der Waals surface area contributed by atoms with Gasteiger partial charge in [0, 0.05) is 6.54 Å². The topological polar surface area (TPSA) is 60.0 Å². The third kappa shape index (κ3) is 5.62. The predicted octanol–water partition coefficient (Wildman–Crippen LogP) is 2.67. The van der Waals surface area contributed by atoms with Crippen molar-refractivity contribution in [3.05, 3.63) is 53.6 Å². The van der Waals surface area contributed by atoms with E-state index in [2.05, 4.69) is 10.2 Å². The lowest BCUT2D eigenvalue weighted by Gasteiger charge is -2.26. The standard InChI is InChI=1S/C21H28N2O4/c1-23(2)18(16-8-11-19(26-4)20(13-16)27-5)14-22-21(24)12-15-6-9-17(25-3)10-7-15/h6-11,13,18H,12,14H2,1-5H3,(H,22,24). The molecule has 2 aromatic carbocycles. The summed E-state index contributed by atoms with van der Waals surface area (Å²) in [5.74, 6) is 2.11. The summed E-state index contributed by atoms with van der Waals surface area (Å²) < 4.78 is 15.8. The highest BCUT2D eigenvalue weighted by molar-refractivity contribution is 5.78. The minimum atomic E-state index is -0.0208. The van der Waals surface area contributed by atoms with Crippen LogP contribution in [0.5, 0.6) is 17.2 Å². The second-order valence-corrected chi connectivity index (χ2v) is 6.42. The second-order valence-electron chi connectivity index (χ2n) is 6.42. The minimum absolute atomic E-state index is 0.0182. The van der Waals surface area contributed by atoms with E-state index in [1.165, 1.54) is 0 Å². The quantitative estimate of drug-likeness (QED) is 0.733. The van der Waals surface area contributed by atoms with Gasteiger partial charge in [-0.1, -0.05) is 18.2 Å². The predicted molar refractivity (Wildman–Crippen MR) is 106 cm³/mol. The number of hydrogen-bond acceptors (Lipinski definition) is 5. The number of nitrogens with one attached hydrogen (secondary N) is 1. The smallest absolute Gasteiger partial charge is 0.224 e. The zero-order valence-corrected chi connectivity index (χ0v) is 16.6. The zero-order chi connectivity index (χ0) is 19.8. The van der Waals surface area contributed by atoms with Crippen molar-refractivity contribution in [3.8, 4) is 17.2 Å². The van der Waals surface area contributed by atoms with E-state index in [1.807, 2.05) is 56.6 Å². The summed E-state index contributed by atoms with van der Waals surface area (Å²) in [6.07, 6.45) is 0.329. The Morgan fingerprint density at radius 3 is 2.19 bits per heavy atom. The van der Waals surface area contributed by atoms with Crippen molar-refractivity contribution in [2.45, 2.75) is 12.5 Å². The van der Waals surface area contributed by atoms with Gasteiger partial charge in [0.1, 0.15) is 5.75 Å². The van der Waals surface area contributed by atoms with Crippen molar-refractivity contribution in [1.29, 1.82) is 0 Å². The molecular formula is C21H28N2O4. The zero-order valence-electron chi connectivity index (χ0n) is 16.6. The van der Waals surface area contributed by atoms with Crippen LogP contribution < -0.4 is 19.5 Å². The van der Waals surface area contributed by atoms with E-state index in [9.17, 15) is 4.79 Å². The van der Waals surface area contributed by atoms with Crippen LogP contribution in [0.1, 0.15) is 17.2 Å². The van der Waals surface area contributed by atoms with Crippen LogP contribution in [0.15, 0.2) is 42.5 Å². The molecule has 0 saturated heterocycles. The Balaban J connectivity index is 2.02. The Morgan fingerprint density at radius 2 is 1.63 bits per heavy atom. The third-order valence-electron chi connectivity index (χ3n) is 4.43. The average Bonchev–Trinajstić information content (AvgIpc) is 2.68. The Morgan fingerprint density at radius 1 is 0.963 bits per heavy atom.